The third kappa shape index (κ3) is 6.47. The minimum Gasteiger partial charge on any atom is -0.308 e. The second kappa shape index (κ2) is 10.9. The van der Waals surface area contributed by atoms with Crippen molar-refractivity contribution in [3.8, 4) is 0 Å². The molecule has 8 heteroatoms. The first-order chi connectivity index (χ1) is 15.6. The predicted molar refractivity (Wildman–Crippen MR) is 128 cm³/mol. The summed E-state index contributed by atoms with van der Waals surface area (Å²) in [7, 11) is 0.204. The van der Waals surface area contributed by atoms with Crippen LogP contribution in [-0.4, -0.2) is 63.7 Å². The number of sulfonamides is 1. The van der Waals surface area contributed by atoms with Gasteiger partial charge in [0, 0.05) is 31.2 Å². The maximum absolute atomic E-state index is 13.3. The molecule has 3 rings (SSSR count). The fraction of sp³-hybridized carbons (Fsp3) is 0.480. The zero-order valence-corrected chi connectivity index (χ0v) is 20.6. The molecule has 2 aromatic carbocycles. The minimum atomic E-state index is -3.65. The number of piperidine rings is 1. The van der Waals surface area contributed by atoms with Crippen LogP contribution in [0, 0.1) is 17.7 Å². The molecule has 0 aliphatic carbocycles. The number of carbonyl (C=O) groups is 1. The Balaban J connectivity index is 1.66. The quantitative estimate of drug-likeness (QED) is 0.562. The fourth-order valence-corrected chi connectivity index (χ4v) is 6.22. The van der Waals surface area contributed by atoms with E-state index in [2.05, 4.69) is 19.2 Å². The average molecular weight is 476 g/mol. The number of hydrogen-bond acceptors (Lipinski definition) is 5. The van der Waals surface area contributed by atoms with Gasteiger partial charge < -0.3 is 10.2 Å². The van der Waals surface area contributed by atoms with E-state index < -0.39 is 10.0 Å². The van der Waals surface area contributed by atoms with Gasteiger partial charge in [-0.3, -0.25) is 4.79 Å². The molecular weight excluding hydrogens is 441 g/mol. The van der Waals surface area contributed by atoms with E-state index in [1.807, 2.05) is 19.0 Å². The van der Waals surface area contributed by atoms with Gasteiger partial charge in [0.2, 0.25) is 10.0 Å². The molecule has 33 heavy (non-hydrogen) atoms. The van der Waals surface area contributed by atoms with Crippen molar-refractivity contribution in [3.63, 3.8) is 0 Å². The van der Waals surface area contributed by atoms with Crippen LogP contribution in [-0.2, 0) is 10.0 Å². The van der Waals surface area contributed by atoms with E-state index in [0.29, 0.717) is 37.0 Å². The van der Waals surface area contributed by atoms with Crippen LogP contribution in [0.3, 0.4) is 0 Å². The smallest absolute Gasteiger partial charge is 0.243 e. The van der Waals surface area contributed by atoms with Crippen LogP contribution in [0.15, 0.2) is 53.4 Å². The average Bonchev–Trinajstić information content (AvgIpc) is 2.76. The first-order valence-corrected chi connectivity index (χ1v) is 12.8. The van der Waals surface area contributed by atoms with Gasteiger partial charge in [-0.2, -0.15) is 4.31 Å². The summed E-state index contributed by atoms with van der Waals surface area (Å²) < 4.78 is 41.1. The zero-order valence-electron chi connectivity index (χ0n) is 19.8. The molecule has 180 valence electrons. The van der Waals surface area contributed by atoms with Crippen molar-refractivity contribution in [2.45, 2.75) is 31.2 Å². The molecule has 0 saturated carbocycles. The highest BCUT2D eigenvalue weighted by Gasteiger charge is 2.32. The van der Waals surface area contributed by atoms with Crippen LogP contribution in [0.1, 0.15) is 42.2 Å². The molecule has 1 heterocycles. The van der Waals surface area contributed by atoms with Crippen molar-refractivity contribution in [2.75, 3.05) is 40.3 Å². The highest BCUT2D eigenvalue weighted by Crippen LogP contribution is 2.27. The Kier molecular flexibility index (Phi) is 8.39. The summed E-state index contributed by atoms with van der Waals surface area (Å²) in [6.45, 7) is 5.70. The van der Waals surface area contributed by atoms with E-state index in [9.17, 15) is 17.6 Å². The van der Waals surface area contributed by atoms with Gasteiger partial charge in [-0.15, -0.1) is 0 Å². The molecular formula is C25H34FN3O3S. The van der Waals surface area contributed by atoms with Crippen molar-refractivity contribution in [1.29, 1.82) is 0 Å². The lowest BCUT2D eigenvalue weighted by atomic mass is 9.94. The van der Waals surface area contributed by atoms with Crippen LogP contribution >= 0.6 is 0 Å². The number of rotatable bonds is 9. The largest absolute Gasteiger partial charge is 0.308 e. The van der Waals surface area contributed by atoms with E-state index in [1.165, 1.54) is 22.5 Å². The van der Waals surface area contributed by atoms with E-state index in [-0.39, 0.29) is 29.1 Å². The van der Waals surface area contributed by atoms with Gasteiger partial charge in [-0.25, -0.2) is 12.8 Å². The van der Waals surface area contributed by atoms with Crippen molar-refractivity contribution >= 4 is 15.8 Å². The maximum atomic E-state index is 13.3. The topological polar surface area (TPSA) is 69.7 Å². The normalized spacial score (nSPS) is 20.7. The number of carbonyl (C=O) groups excluding carboxylic acids is 1. The Hall–Kier alpha value is -2.13. The molecule has 1 N–H and O–H groups in total. The van der Waals surface area contributed by atoms with Crippen LogP contribution in [0.2, 0.25) is 0 Å². The molecule has 0 bridgehead atoms. The van der Waals surface area contributed by atoms with Gasteiger partial charge in [0.25, 0.3) is 0 Å². The molecule has 2 aromatic rings. The SMILES string of the molecule is CC1CC(C)CN(S(=O)(=O)c2cccc(C(=O)CNCC(c3ccc(F)cc3)N(C)C)c2)C1. The summed E-state index contributed by atoms with van der Waals surface area (Å²) >= 11 is 0. The lowest BCUT2D eigenvalue weighted by molar-refractivity contribution is 0.0988. The molecule has 3 atom stereocenters. The highest BCUT2D eigenvalue weighted by molar-refractivity contribution is 7.89. The summed E-state index contributed by atoms with van der Waals surface area (Å²) in [6, 6.07) is 12.6. The van der Waals surface area contributed by atoms with E-state index in [4.69, 9.17) is 0 Å². The second-order valence-corrected chi connectivity index (χ2v) is 11.3. The summed E-state index contributed by atoms with van der Waals surface area (Å²) in [6.07, 6.45) is 1.02. The number of halogens is 1. The van der Waals surface area contributed by atoms with Crippen LogP contribution in [0.5, 0.6) is 0 Å². The number of likely N-dealkylation sites (N-methyl/N-ethyl adjacent to an activating group) is 1. The number of ketones is 1. The van der Waals surface area contributed by atoms with Gasteiger partial charge in [-0.05, 0) is 62.2 Å². The Bertz CT molecular complexity index is 1050. The van der Waals surface area contributed by atoms with Crippen molar-refractivity contribution in [3.05, 3.63) is 65.5 Å². The zero-order chi connectivity index (χ0) is 24.2. The molecule has 1 fully saturated rings. The standard InChI is InChI=1S/C25H34FN3O3S/c1-18-12-19(2)17-29(16-18)33(31,32)23-7-5-6-21(13-23)25(30)15-27-14-24(28(3)4)20-8-10-22(26)11-9-20/h5-11,13,18-19,24,27H,12,14-17H2,1-4H3. The van der Waals surface area contributed by atoms with Crippen LogP contribution < -0.4 is 5.32 Å². The van der Waals surface area contributed by atoms with E-state index in [1.54, 1.807) is 30.3 Å². The number of hydrogen-bond donors (Lipinski definition) is 1. The van der Waals surface area contributed by atoms with Crippen molar-refractivity contribution in [2.24, 2.45) is 11.8 Å². The third-order valence-electron chi connectivity index (χ3n) is 6.13. The van der Waals surface area contributed by atoms with Gasteiger partial charge in [0.15, 0.2) is 5.78 Å². The van der Waals surface area contributed by atoms with E-state index >= 15 is 0 Å². The summed E-state index contributed by atoms with van der Waals surface area (Å²) in [4.78, 5) is 15.0. The molecule has 1 saturated heterocycles. The van der Waals surface area contributed by atoms with Crippen LogP contribution in [0.4, 0.5) is 4.39 Å². The van der Waals surface area contributed by atoms with Gasteiger partial charge in [-0.1, -0.05) is 38.1 Å². The lowest BCUT2D eigenvalue weighted by Crippen LogP contribution is -2.42. The minimum absolute atomic E-state index is 0.0341. The number of Topliss-reactive ketones (excluding diaryl/α,β-unsaturated/α-hetero) is 1. The Morgan fingerprint density at radius 3 is 2.36 bits per heavy atom. The van der Waals surface area contributed by atoms with Gasteiger partial charge in [0.05, 0.1) is 11.4 Å². The predicted octanol–water partition coefficient (Wildman–Crippen LogP) is 3.57. The number of nitrogens with zero attached hydrogens (tertiary/aromatic N) is 2. The summed E-state index contributed by atoms with van der Waals surface area (Å²) in [5.41, 5.74) is 1.31. The summed E-state index contributed by atoms with van der Waals surface area (Å²) in [5, 5.41) is 3.17. The molecule has 6 nitrogen and oxygen atoms in total. The molecule has 0 radical (unpaired) electrons. The molecule has 3 unspecified atom stereocenters. The Morgan fingerprint density at radius 1 is 1.12 bits per heavy atom. The van der Waals surface area contributed by atoms with Crippen molar-refractivity contribution < 1.29 is 17.6 Å². The van der Waals surface area contributed by atoms with Gasteiger partial charge >= 0.3 is 0 Å². The molecule has 0 amide bonds. The van der Waals surface area contributed by atoms with Gasteiger partial charge in [0.1, 0.15) is 5.82 Å². The monoisotopic (exact) mass is 475 g/mol. The second-order valence-electron chi connectivity index (χ2n) is 9.38. The lowest BCUT2D eigenvalue weighted by Gasteiger charge is -2.34. The molecule has 0 aromatic heterocycles. The molecule has 1 aliphatic heterocycles. The number of benzene rings is 2. The van der Waals surface area contributed by atoms with Crippen LogP contribution in [0.25, 0.3) is 0 Å². The fourth-order valence-electron chi connectivity index (χ4n) is 4.49. The Morgan fingerprint density at radius 2 is 1.76 bits per heavy atom. The maximum Gasteiger partial charge on any atom is 0.243 e. The van der Waals surface area contributed by atoms with E-state index in [0.717, 1.165) is 12.0 Å². The molecule has 0 spiro atoms. The first kappa shape index (κ1) is 25.5. The first-order valence-electron chi connectivity index (χ1n) is 11.3. The summed E-state index contributed by atoms with van der Waals surface area (Å²) in [5.74, 6) is 0.151. The Labute approximate surface area is 196 Å². The highest BCUT2D eigenvalue weighted by atomic mass is 32.2. The van der Waals surface area contributed by atoms with Crippen molar-refractivity contribution in [1.82, 2.24) is 14.5 Å². The number of nitrogens with one attached hydrogen (secondary N) is 1. The third-order valence-corrected chi connectivity index (χ3v) is 7.96. The molecule has 1 aliphatic rings.